The zero-order valence-electron chi connectivity index (χ0n) is 32.7. The maximum absolute atomic E-state index is 11.0. The van der Waals surface area contributed by atoms with Gasteiger partial charge in [-0.25, -0.2) is 15.0 Å². The molecule has 0 atom stereocenters. The molecule has 0 fully saturated rings. The van der Waals surface area contributed by atoms with Crippen LogP contribution in [0.2, 0.25) is 0 Å². The molecule has 1 aliphatic carbocycles. The quantitative estimate of drug-likeness (QED) is 0.0552. The summed E-state index contributed by atoms with van der Waals surface area (Å²) < 4.78 is 8.21. The molecular weight excluding hydrogens is 821 g/mol. The largest absolute Gasteiger partial charge is 0.504 e. The van der Waals surface area contributed by atoms with Gasteiger partial charge in [0, 0.05) is 38.9 Å². The van der Waals surface area contributed by atoms with Crippen LogP contribution < -0.4 is 0 Å². The molecule has 0 saturated carbocycles. The Labute approximate surface area is 359 Å². The number of nitrogens with zero attached hydrogens (tertiary/aromatic N) is 4. The maximum atomic E-state index is 11.0. The fraction of sp³-hybridized carbons (Fsp3) is 0. The number of aromatic hydroxyl groups is 10. The number of furan rings is 1. The van der Waals surface area contributed by atoms with E-state index in [4.69, 9.17) is 19.4 Å². The average Bonchev–Trinajstić information content (AvgIpc) is 3.79. The van der Waals surface area contributed by atoms with Crippen LogP contribution in [0.1, 0.15) is 11.3 Å². The molecule has 0 saturated heterocycles. The molecule has 15 heteroatoms. The minimum atomic E-state index is -1.11. The van der Waals surface area contributed by atoms with E-state index < -0.39 is 57.5 Å². The number of phenols is 10. The topological polar surface area (TPSA) is 259 Å². The number of rotatable bonds is 6. The first-order valence-corrected chi connectivity index (χ1v) is 19.5. The summed E-state index contributed by atoms with van der Waals surface area (Å²) in [6.45, 7) is 0. The molecule has 15 nitrogen and oxygen atoms in total. The lowest BCUT2D eigenvalue weighted by molar-refractivity contribution is 0.330. The van der Waals surface area contributed by atoms with E-state index in [9.17, 15) is 51.1 Å². The summed E-state index contributed by atoms with van der Waals surface area (Å²) in [4.78, 5) is 14.8. The molecule has 3 heterocycles. The van der Waals surface area contributed by atoms with E-state index >= 15 is 0 Å². The lowest BCUT2D eigenvalue weighted by Gasteiger charge is -2.20. The van der Waals surface area contributed by atoms with E-state index in [-0.39, 0.29) is 22.3 Å². The van der Waals surface area contributed by atoms with Gasteiger partial charge in [-0.1, -0.05) is 97.1 Å². The first-order chi connectivity index (χ1) is 30.9. The highest BCUT2D eigenvalue weighted by molar-refractivity contribution is 6.18. The predicted octanol–water partition coefficient (Wildman–Crippen LogP) is 9.48. The summed E-state index contributed by atoms with van der Waals surface area (Å²) in [6.07, 6.45) is 1.79. The second-order valence-corrected chi connectivity index (χ2v) is 15.1. The SMILES string of the molecule is Oc1c(O)c(O)c(-c2ccc3c4ccc(-c5c(O)c(O)c(O)c(O)c5O)cc4n(C4=Cc5oc6cccc(-c7nc(-c8ccccc8)nc(-c8ccccc8)n7)c6c54)c3c2)c(O)c1O. The van der Waals surface area contributed by atoms with Gasteiger partial charge in [-0.3, -0.25) is 0 Å². The van der Waals surface area contributed by atoms with E-state index in [1.165, 1.54) is 12.1 Å². The van der Waals surface area contributed by atoms with Crippen molar-refractivity contribution in [2.75, 3.05) is 0 Å². The number of aromatic nitrogens is 4. The molecule has 0 amide bonds. The monoisotopic (exact) mass is 850 g/mol. The minimum absolute atomic E-state index is 0.117. The average molecular weight is 851 g/mol. The van der Waals surface area contributed by atoms with Crippen molar-refractivity contribution in [1.82, 2.24) is 19.5 Å². The van der Waals surface area contributed by atoms with Gasteiger partial charge < -0.3 is 60.0 Å². The smallest absolute Gasteiger partial charge is 0.208 e. The van der Waals surface area contributed by atoms with E-state index in [1.807, 2.05) is 83.4 Å². The third kappa shape index (κ3) is 5.30. The van der Waals surface area contributed by atoms with Crippen LogP contribution in [-0.4, -0.2) is 70.6 Å². The van der Waals surface area contributed by atoms with Crippen LogP contribution in [0.15, 0.2) is 120 Å². The van der Waals surface area contributed by atoms with Gasteiger partial charge in [-0.05, 0) is 29.3 Å². The number of phenolic OH excluding ortho intramolecular Hbond substituents is 10. The predicted molar refractivity (Wildman–Crippen MR) is 236 cm³/mol. The second kappa shape index (κ2) is 13.6. The maximum Gasteiger partial charge on any atom is 0.208 e. The van der Waals surface area contributed by atoms with Gasteiger partial charge in [0.1, 0.15) is 11.3 Å². The number of hydrogen-bond donors (Lipinski definition) is 10. The van der Waals surface area contributed by atoms with Crippen LogP contribution in [0.25, 0.3) is 101 Å². The van der Waals surface area contributed by atoms with Crippen LogP contribution in [-0.2, 0) is 0 Å². The van der Waals surface area contributed by atoms with Crippen LogP contribution in [0, 0.1) is 0 Å². The molecular formula is C49H30N4O11. The Morgan fingerprint density at radius 3 is 1.30 bits per heavy atom. The third-order valence-electron chi connectivity index (χ3n) is 11.5. The van der Waals surface area contributed by atoms with Gasteiger partial charge in [0.2, 0.25) is 34.5 Å². The normalized spacial score (nSPS) is 12.2. The lowest BCUT2D eigenvalue weighted by Crippen LogP contribution is -2.07. The van der Waals surface area contributed by atoms with Crippen molar-refractivity contribution in [3.8, 4) is 114 Å². The van der Waals surface area contributed by atoms with Crippen molar-refractivity contribution >= 4 is 44.5 Å². The van der Waals surface area contributed by atoms with Crippen LogP contribution >= 0.6 is 0 Å². The lowest BCUT2D eigenvalue weighted by atomic mass is 9.94. The highest BCUT2D eigenvalue weighted by Gasteiger charge is 2.33. The molecule has 7 aromatic carbocycles. The zero-order chi connectivity index (χ0) is 44.3. The van der Waals surface area contributed by atoms with Crippen molar-refractivity contribution < 1.29 is 55.5 Å². The summed E-state index contributed by atoms with van der Waals surface area (Å²) in [7, 11) is 0. The van der Waals surface area contributed by atoms with Crippen molar-refractivity contribution in [1.29, 1.82) is 0 Å². The van der Waals surface area contributed by atoms with Gasteiger partial charge in [0.25, 0.3) is 0 Å². The molecule has 0 spiro atoms. The number of hydrogen-bond acceptors (Lipinski definition) is 14. The molecule has 0 unspecified atom stereocenters. The van der Waals surface area contributed by atoms with Gasteiger partial charge in [0.05, 0.1) is 33.4 Å². The third-order valence-corrected chi connectivity index (χ3v) is 11.5. The Hall–Kier alpha value is -9.37. The summed E-state index contributed by atoms with van der Waals surface area (Å²) in [5, 5.41) is 108. The molecule has 10 aromatic rings. The van der Waals surface area contributed by atoms with Crippen LogP contribution in [0.5, 0.6) is 57.5 Å². The first-order valence-electron chi connectivity index (χ1n) is 19.5. The fourth-order valence-corrected chi connectivity index (χ4v) is 8.44. The van der Waals surface area contributed by atoms with Gasteiger partial charge >= 0.3 is 0 Å². The van der Waals surface area contributed by atoms with Crippen molar-refractivity contribution in [3.05, 3.63) is 127 Å². The molecule has 312 valence electrons. The van der Waals surface area contributed by atoms with E-state index in [0.717, 1.165) is 11.1 Å². The Kier molecular flexibility index (Phi) is 7.98. The van der Waals surface area contributed by atoms with Crippen LogP contribution in [0.4, 0.5) is 0 Å². The van der Waals surface area contributed by atoms with Crippen molar-refractivity contribution in [2.24, 2.45) is 0 Å². The van der Waals surface area contributed by atoms with Crippen molar-refractivity contribution in [2.45, 2.75) is 0 Å². The Balaban J connectivity index is 1.18. The highest BCUT2D eigenvalue weighted by atomic mass is 16.4. The van der Waals surface area contributed by atoms with Gasteiger partial charge in [-0.2, -0.15) is 0 Å². The molecule has 0 aliphatic heterocycles. The molecule has 1 aliphatic rings. The fourth-order valence-electron chi connectivity index (χ4n) is 8.44. The van der Waals surface area contributed by atoms with E-state index in [0.29, 0.717) is 72.8 Å². The molecule has 0 radical (unpaired) electrons. The number of benzene rings is 7. The molecule has 10 N–H and O–H groups in total. The summed E-state index contributed by atoms with van der Waals surface area (Å²) in [5.74, 6) is -8.27. The van der Waals surface area contributed by atoms with Gasteiger partial charge in [-0.15, -0.1) is 0 Å². The van der Waals surface area contributed by atoms with Gasteiger partial charge in [0.15, 0.2) is 40.5 Å². The zero-order valence-corrected chi connectivity index (χ0v) is 32.7. The summed E-state index contributed by atoms with van der Waals surface area (Å²) in [6, 6.07) is 34.1. The molecule has 64 heavy (non-hydrogen) atoms. The second-order valence-electron chi connectivity index (χ2n) is 15.1. The van der Waals surface area contributed by atoms with Crippen LogP contribution in [0.3, 0.4) is 0 Å². The Morgan fingerprint density at radius 1 is 0.391 bits per heavy atom. The van der Waals surface area contributed by atoms with E-state index in [1.54, 1.807) is 30.3 Å². The molecule has 0 bridgehead atoms. The summed E-state index contributed by atoms with van der Waals surface area (Å²) >= 11 is 0. The first kappa shape index (κ1) is 37.6. The van der Waals surface area contributed by atoms with Crippen molar-refractivity contribution in [3.63, 3.8) is 0 Å². The standard InChI is InChI=1S/C49H30N4O11/c54-37-33(38(55)42(59)45(62)41(37)58)23-14-16-25-26-17-15-24(34-39(56)43(60)46(63)44(61)40(34)57)19-29(26)53(28(25)18-23)30-20-32-36(30)35-27(12-7-13-31(35)64-32)49-51-47(21-8-3-1-4-9-21)50-48(52-49)22-10-5-2-6-11-22/h1-20,54-63H. The summed E-state index contributed by atoms with van der Waals surface area (Å²) in [5.41, 5.74) is 4.23. The Morgan fingerprint density at radius 2 is 0.828 bits per heavy atom. The molecule has 3 aromatic heterocycles. The number of fused-ring (bicyclic) bond motifs is 6. The molecule has 11 rings (SSSR count). The highest BCUT2D eigenvalue weighted by Crippen LogP contribution is 2.57. The minimum Gasteiger partial charge on any atom is -0.504 e. The van der Waals surface area contributed by atoms with E-state index in [2.05, 4.69) is 0 Å². The Bertz CT molecular complexity index is 3430.